The lowest BCUT2D eigenvalue weighted by Gasteiger charge is -2.15. The van der Waals surface area contributed by atoms with Gasteiger partial charge in [0, 0.05) is 29.9 Å². The first-order valence-electron chi connectivity index (χ1n) is 9.96. The second kappa shape index (κ2) is 9.40. The van der Waals surface area contributed by atoms with Crippen LogP contribution in [-0.4, -0.2) is 36.4 Å². The molecule has 148 valence electrons. The summed E-state index contributed by atoms with van der Waals surface area (Å²) < 4.78 is 5.68. The first-order chi connectivity index (χ1) is 13.5. The Labute approximate surface area is 166 Å². The number of benzene rings is 2. The van der Waals surface area contributed by atoms with Gasteiger partial charge in [-0.2, -0.15) is 0 Å². The van der Waals surface area contributed by atoms with Gasteiger partial charge in [-0.25, -0.2) is 0 Å². The van der Waals surface area contributed by atoms with Crippen molar-refractivity contribution in [2.24, 2.45) is 5.92 Å². The average molecular weight is 380 g/mol. The van der Waals surface area contributed by atoms with Crippen molar-refractivity contribution in [1.29, 1.82) is 0 Å². The van der Waals surface area contributed by atoms with Crippen LogP contribution in [0.3, 0.4) is 0 Å². The smallest absolute Gasteiger partial charge is 0.255 e. The van der Waals surface area contributed by atoms with Crippen molar-refractivity contribution in [3.05, 3.63) is 59.7 Å². The first kappa shape index (κ1) is 19.9. The lowest BCUT2D eigenvalue weighted by atomic mass is 10.1. The number of nitrogens with one attached hydrogen (secondary N) is 1. The summed E-state index contributed by atoms with van der Waals surface area (Å²) in [5.41, 5.74) is 1.89. The Morgan fingerprint density at radius 2 is 1.57 bits per heavy atom. The van der Waals surface area contributed by atoms with Gasteiger partial charge in [-0.3, -0.25) is 9.59 Å². The Kier molecular flexibility index (Phi) is 6.69. The largest absolute Gasteiger partial charge is 0.494 e. The molecule has 2 aromatic carbocycles. The maximum Gasteiger partial charge on any atom is 0.255 e. The van der Waals surface area contributed by atoms with Crippen LogP contribution in [-0.2, 0) is 0 Å². The summed E-state index contributed by atoms with van der Waals surface area (Å²) in [6.07, 6.45) is 3.14. The number of amides is 2. The van der Waals surface area contributed by atoms with E-state index < -0.39 is 0 Å². The molecule has 5 heteroatoms. The molecule has 0 spiro atoms. The molecule has 1 N–H and O–H groups in total. The minimum absolute atomic E-state index is 0.0587. The molecule has 0 aliphatic carbocycles. The molecular weight excluding hydrogens is 352 g/mol. The number of carbonyl (C=O) groups excluding carboxylic acids is 2. The highest BCUT2D eigenvalue weighted by Gasteiger charge is 2.19. The summed E-state index contributed by atoms with van der Waals surface area (Å²) in [4.78, 5) is 26.7. The van der Waals surface area contributed by atoms with Crippen molar-refractivity contribution in [3.63, 3.8) is 0 Å². The van der Waals surface area contributed by atoms with Crippen LogP contribution >= 0.6 is 0 Å². The van der Waals surface area contributed by atoms with Gasteiger partial charge >= 0.3 is 0 Å². The van der Waals surface area contributed by atoms with Crippen molar-refractivity contribution in [1.82, 2.24) is 4.90 Å². The fraction of sp³-hybridized carbons (Fsp3) is 0.391. The zero-order chi connectivity index (χ0) is 19.9. The maximum absolute atomic E-state index is 12.4. The molecule has 2 amide bonds. The van der Waals surface area contributed by atoms with Gasteiger partial charge in [0.05, 0.1) is 6.61 Å². The van der Waals surface area contributed by atoms with E-state index in [1.807, 2.05) is 17.0 Å². The molecule has 1 saturated heterocycles. The highest BCUT2D eigenvalue weighted by molar-refractivity contribution is 6.04. The zero-order valence-electron chi connectivity index (χ0n) is 16.6. The number of ether oxygens (including phenoxy) is 1. The van der Waals surface area contributed by atoms with Crippen molar-refractivity contribution >= 4 is 17.5 Å². The van der Waals surface area contributed by atoms with Gasteiger partial charge in [0.15, 0.2) is 0 Å². The summed E-state index contributed by atoms with van der Waals surface area (Å²) in [5, 5.41) is 2.87. The molecule has 0 aromatic heterocycles. The molecule has 0 unspecified atom stereocenters. The number of hydrogen-bond donors (Lipinski definition) is 1. The van der Waals surface area contributed by atoms with E-state index in [2.05, 4.69) is 19.2 Å². The third-order valence-corrected chi connectivity index (χ3v) is 4.86. The summed E-state index contributed by atoms with van der Waals surface area (Å²) in [6, 6.07) is 14.2. The molecule has 1 heterocycles. The van der Waals surface area contributed by atoms with Gasteiger partial charge in [-0.15, -0.1) is 0 Å². The normalized spacial score (nSPS) is 13.6. The fourth-order valence-corrected chi connectivity index (χ4v) is 3.12. The number of hydrogen-bond acceptors (Lipinski definition) is 3. The van der Waals surface area contributed by atoms with Crippen LogP contribution < -0.4 is 10.1 Å². The van der Waals surface area contributed by atoms with E-state index in [9.17, 15) is 9.59 Å². The molecule has 0 atom stereocenters. The molecule has 5 nitrogen and oxygen atoms in total. The number of nitrogens with zero attached hydrogens (tertiary/aromatic N) is 1. The Morgan fingerprint density at radius 1 is 0.964 bits per heavy atom. The number of likely N-dealkylation sites (tertiary alicyclic amines) is 1. The molecule has 0 bridgehead atoms. The quantitative estimate of drug-likeness (QED) is 0.764. The van der Waals surface area contributed by atoms with Crippen LogP contribution in [0.5, 0.6) is 5.75 Å². The van der Waals surface area contributed by atoms with E-state index >= 15 is 0 Å². The standard InChI is InChI=1S/C23H28N2O3/c1-17(2)13-16-28-21-11-7-18(8-12-21)22(26)24-20-9-5-19(6-10-20)23(27)25-14-3-4-15-25/h5-12,17H,3-4,13-16H2,1-2H3,(H,24,26). The molecule has 1 aliphatic heterocycles. The van der Waals surface area contributed by atoms with E-state index in [1.54, 1.807) is 36.4 Å². The van der Waals surface area contributed by atoms with Gasteiger partial charge in [0.1, 0.15) is 5.75 Å². The van der Waals surface area contributed by atoms with Crippen molar-refractivity contribution in [2.75, 3.05) is 25.0 Å². The SMILES string of the molecule is CC(C)CCOc1ccc(C(=O)Nc2ccc(C(=O)N3CCCC3)cc2)cc1. The monoisotopic (exact) mass is 380 g/mol. The van der Waals surface area contributed by atoms with E-state index in [0.29, 0.717) is 29.3 Å². The van der Waals surface area contributed by atoms with Crippen LogP contribution in [0.4, 0.5) is 5.69 Å². The lowest BCUT2D eigenvalue weighted by molar-refractivity contribution is 0.0792. The van der Waals surface area contributed by atoms with Gasteiger partial charge in [0.2, 0.25) is 0 Å². The molecule has 1 fully saturated rings. The zero-order valence-corrected chi connectivity index (χ0v) is 16.6. The topological polar surface area (TPSA) is 58.6 Å². The molecule has 3 rings (SSSR count). The van der Waals surface area contributed by atoms with Crippen LogP contribution in [0.1, 0.15) is 53.8 Å². The summed E-state index contributed by atoms with van der Waals surface area (Å²) in [6.45, 7) is 6.64. The second-order valence-corrected chi connectivity index (χ2v) is 7.59. The number of anilines is 1. The van der Waals surface area contributed by atoms with Crippen LogP contribution in [0.15, 0.2) is 48.5 Å². The minimum Gasteiger partial charge on any atom is -0.494 e. The Hall–Kier alpha value is -2.82. The summed E-state index contributed by atoms with van der Waals surface area (Å²) in [7, 11) is 0. The van der Waals surface area contributed by atoms with Crippen molar-refractivity contribution in [3.8, 4) is 5.75 Å². The van der Waals surface area contributed by atoms with Gasteiger partial charge in [-0.1, -0.05) is 13.8 Å². The molecule has 1 aliphatic rings. The van der Waals surface area contributed by atoms with Crippen LogP contribution in [0.25, 0.3) is 0 Å². The third kappa shape index (κ3) is 5.35. The molecular formula is C23H28N2O3. The lowest BCUT2D eigenvalue weighted by Crippen LogP contribution is -2.27. The maximum atomic E-state index is 12.4. The average Bonchev–Trinajstić information content (AvgIpc) is 3.23. The number of carbonyl (C=O) groups is 2. The second-order valence-electron chi connectivity index (χ2n) is 7.59. The predicted molar refractivity (Wildman–Crippen MR) is 111 cm³/mol. The van der Waals surface area contributed by atoms with Gasteiger partial charge < -0.3 is 15.0 Å². The van der Waals surface area contributed by atoms with Gasteiger partial charge in [0.25, 0.3) is 11.8 Å². The van der Waals surface area contributed by atoms with Crippen LogP contribution in [0.2, 0.25) is 0 Å². The molecule has 2 aromatic rings. The molecule has 0 radical (unpaired) electrons. The number of rotatable bonds is 7. The molecule has 0 saturated carbocycles. The Bertz CT molecular complexity index is 792. The van der Waals surface area contributed by atoms with Crippen molar-refractivity contribution < 1.29 is 14.3 Å². The third-order valence-electron chi connectivity index (χ3n) is 4.86. The highest BCUT2D eigenvalue weighted by Crippen LogP contribution is 2.17. The molecule has 28 heavy (non-hydrogen) atoms. The first-order valence-corrected chi connectivity index (χ1v) is 9.96. The summed E-state index contributed by atoms with van der Waals surface area (Å²) >= 11 is 0. The predicted octanol–water partition coefficient (Wildman–Crippen LogP) is 4.60. The Balaban J connectivity index is 1.54. The highest BCUT2D eigenvalue weighted by atomic mass is 16.5. The van der Waals surface area contributed by atoms with E-state index in [0.717, 1.165) is 38.1 Å². The van der Waals surface area contributed by atoms with E-state index in [-0.39, 0.29) is 11.8 Å². The minimum atomic E-state index is -0.188. The van der Waals surface area contributed by atoms with Gasteiger partial charge in [-0.05, 0) is 73.7 Å². The van der Waals surface area contributed by atoms with Crippen LogP contribution in [0, 0.1) is 5.92 Å². The fourth-order valence-electron chi connectivity index (χ4n) is 3.12. The van der Waals surface area contributed by atoms with Crippen molar-refractivity contribution in [2.45, 2.75) is 33.1 Å². The Morgan fingerprint density at radius 3 is 2.18 bits per heavy atom. The van der Waals surface area contributed by atoms with E-state index in [4.69, 9.17) is 4.74 Å². The van der Waals surface area contributed by atoms with E-state index in [1.165, 1.54) is 0 Å². The summed E-state index contributed by atoms with van der Waals surface area (Å²) in [5.74, 6) is 1.24.